The van der Waals surface area contributed by atoms with Crippen LogP contribution in [0.25, 0.3) is 11.3 Å². The number of carbonyl (C=O) groups is 1. The lowest BCUT2D eigenvalue weighted by molar-refractivity contribution is -0.118. The van der Waals surface area contributed by atoms with E-state index in [9.17, 15) is 4.79 Å². The molecule has 4 nitrogen and oxygen atoms in total. The van der Waals surface area contributed by atoms with Crippen LogP contribution in [0.5, 0.6) is 5.75 Å². The number of ether oxygens (including phenoxy) is 1. The Balaban J connectivity index is 1.84. The van der Waals surface area contributed by atoms with Crippen molar-refractivity contribution in [2.24, 2.45) is 5.92 Å². The molecule has 0 saturated carbocycles. The number of ketones is 1. The van der Waals surface area contributed by atoms with Gasteiger partial charge in [-0.15, -0.1) is 0 Å². The maximum Gasteiger partial charge on any atom is 0.139 e. The van der Waals surface area contributed by atoms with Crippen molar-refractivity contribution in [3.63, 3.8) is 0 Å². The van der Waals surface area contributed by atoms with Crippen molar-refractivity contribution in [1.82, 2.24) is 0 Å². The van der Waals surface area contributed by atoms with Crippen molar-refractivity contribution in [3.05, 3.63) is 78.1 Å². The maximum absolute atomic E-state index is 12.2. The topological polar surface area (TPSA) is 63.3 Å². The fourth-order valence-electron chi connectivity index (χ4n) is 3.00. The van der Waals surface area contributed by atoms with Crippen LogP contribution in [0.4, 0.5) is 0 Å². The molecule has 1 atom stereocenters. The number of hydrogen-bond acceptors (Lipinski definition) is 4. The van der Waals surface area contributed by atoms with Crippen molar-refractivity contribution in [2.45, 2.75) is 13.3 Å². The molecule has 0 aliphatic rings. The van der Waals surface area contributed by atoms with Gasteiger partial charge in [0.05, 0.1) is 19.3 Å². The van der Waals surface area contributed by atoms with Gasteiger partial charge in [0.25, 0.3) is 0 Å². The summed E-state index contributed by atoms with van der Waals surface area (Å²) in [6.07, 6.45) is 2.07. The van der Waals surface area contributed by atoms with Gasteiger partial charge in [0, 0.05) is 11.3 Å². The zero-order valence-electron chi connectivity index (χ0n) is 14.9. The number of rotatable bonds is 7. The average molecular weight is 347 g/mol. The van der Waals surface area contributed by atoms with E-state index in [4.69, 9.17) is 14.6 Å². The van der Waals surface area contributed by atoms with E-state index in [2.05, 4.69) is 0 Å². The standard InChI is InChI=1S/C22H21NO3/c1-15(24)19(14-18-6-3-4-7-20(18)25-2)22(23)17-11-9-16(10-12-17)21-8-5-13-26-21/h3-13,19,23H,14H2,1-2H3. The van der Waals surface area contributed by atoms with Crippen molar-refractivity contribution >= 4 is 11.5 Å². The average Bonchev–Trinajstić information content (AvgIpc) is 3.20. The Bertz CT molecular complexity index is 895. The summed E-state index contributed by atoms with van der Waals surface area (Å²) in [5, 5.41) is 8.55. The second-order valence-electron chi connectivity index (χ2n) is 6.15. The van der Waals surface area contributed by atoms with E-state index in [1.165, 1.54) is 6.92 Å². The fraction of sp³-hybridized carbons (Fsp3) is 0.182. The molecule has 0 aliphatic carbocycles. The van der Waals surface area contributed by atoms with Gasteiger partial charge in [-0.05, 0) is 42.7 Å². The SMILES string of the molecule is COc1ccccc1CC(C(=N)c1ccc(-c2ccco2)cc1)C(C)=O. The van der Waals surface area contributed by atoms with E-state index >= 15 is 0 Å². The minimum atomic E-state index is -0.513. The largest absolute Gasteiger partial charge is 0.496 e. The molecule has 2 aromatic carbocycles. The summed E-state index contributed by atoms with van der Waals surface area (Å²) in [6, 6.07) is 18.9. The van der Waals surface area contributed by atoms with Crippen LogP contribution in [0.15, 0.2) is 71.3 Å². The molecule has 0 saturated heterocycles. The number of benzene rings is 2. The van der Waals surface area contributed by atoms with Crippen LogP contribution >= 0.6 is 0 Å². The Morgan fingerprint density at radius 1 is 1.08 bits per heavy atom. The first-order valence-corrected chi connectivity index (χ1v) is 8.45. The molecule has 0 fully saturated rings. The summed E-state index contributed by atoms with van der Waals surface area (Å²) in [4.78, 5) is 12.2. The number of methoxy groups -OCH3 is 1. The highest BCUT2D eigenvalue weighted by molar-refractivity contribution is 6.11. The predicted octanol–water partition coefficient (Wildman–Crippen LogP) is 4.77. The number of carbonyl (C=O) groups excluding carboxylic acids is 1. The molecule has 1 N–H and O–H groups in total. The lowest BCUT2D eigenvalue weighted by atomic mass is 9.87. The van der Waals surface area contributed by atoms with Gasteiger partial charge in [0.15, 0.2) is 0 Å². The molecule has 3 aromatic rings. The number of nitrogens with one attached hydrogen (secondary N) is 1. The van der Waals surface area contributed by atoms with Crippen molar-refractivity contribution in [1.29, 1.82) is 5.41 Å². The number of para-hydroxylation sites is 1. The van der Waals surface area contributed by atoms with Crippen LogP contribution in [0.1, 0.15) is 18.1 Å². The molecule has 1 aromatic heterocycles. The van der Waals surface area contributed by atoms with Gasteiger partial charge in [-0.3, -0.25) is 4.79 Å². The van der Waals surface area contributed by atoms with Crippen molar-refractivity contribution in [3.8, 4) is 17.1 Å². The van der Waals surface area contributed by atoms with Crippen LogP contribution in [0.2, 0.25) is 0 Å². The second kappa shape index (κ2) is 7.83. The van der Waals surface area contributed by atoms with E-state index < -0.39 is 5.92 Å². The van der Waals surface area contributed by atoms with Crippen LogP contribution in [-0.2, 0) is 11.2 Å². The molecule has 26 heavy (non-hydrogen) atoms. The highest BCUT2D eigenvalue weighted by Crippen LogP contribution is 2.25. The Morgan fingerprint density at radius 2 is 1.81 bits per heavy atom. The molecule has 3 rings (SSSR count). The highest BCUT2D eigenvalue weighted by Gasteiger charge is 2.23. The van der Waals surface area contributed by atoms with E-state index in [0.717, 1.165) is 28.2 Å². The number of hydrogen-bond donors (Lipinski definition) is 1. The third kappa shape index (κ3) is 3.75. The van der Waals surface area contributed by atoms with E-state index in [1.54, 1.807) is 13.4 Å². The minimum absolute atomic E-state index is 0.0315. The summed E-state index contributed by atoms with van der Waals surface area (Å²) in [5.41, 5.74) is 2.91. The Morgan fingerprint density at radius 3 is 2.42 bits per heavy atom. The Hall–Kier alpha value is -3.14. The van der Waals surface area contributed by atoms with Crippen molar-refractivity contribution < 1.29 is 13.9 Å². The first-order valence-electron chi connectivity index (χ1n) is 8.45. The first-order chi connectivity index (χ1) is 12.6. The molecule has 0 radical (unpaired) electrons. The quantitative estimate of drug-likeness (QED) is 0.626. The Kier molecular flexibility index (Phi) is 5.32. The van der Waals surface area contributed by atoms with Crippen molar-refractivity contribution in [2.75, 3.05) is 7.11 Å². The summed E-state index contributed by atoms with van der Waals surface area (Å²) in [6.45, 7) is 1.53. The summed E-state index contributed by atoms with van der Waals surface area (Å²) >= 11 is 0. The highest BCUT2D eigenvalue weighted by atomic mass is 16.5. The maximum atomic E-state index is 12.2. The van der Waals surface area contributed by atoms with Crippen LogP contribution in [0.3, 0.4) is 0 Å². The van der Waals surface area contributed by atoms with E-state index in [0.29, 0.717) is 12.1 Å². The lowest BCUT2D eigenvalue weighted by Crippen LogP contribution is -2.24. The van der Waals surface area contributed by atoms with Gasteiger partial charge in [0.2, 0.25) is 0 Å². The first kappa shape index (κ1) is 17.7. The molecule has 132 valence electrons. The van der Waals surface area contributed by atoms with Crippen LogP contribution in [0, 0.1) is 11.3 Å². The summed E-state index contributed by atoms with van der Waals surface area (Å²) in [7, 11) is 1.61. The lowest BCUT2D eigenvalue weighted by Gasteiger charge is -2.17. The van der Waals surface area contributed by atoms with Crippen LogP contribution in [-0.4, -0.2) is 18.6 Å². The van der Waals surface area contributed by atoms with Gasteiger partial charge in [-0.1, -0.05) is 42.5 Å². The third-order valence-electron chi connectivity index (χ3n) is 4.46. The number of Topliss-reactive ketones (excluding diaryl/α,β-unsaturated/α-hetero) is 1. The molecule has 0 spiro atoms. The summed E-state index contributed by atoms with van der Waals surface area (Å²) < 4.78 is 10.8. The minimum Gasteiger partial charge on any atom is -0.496 e. The second-order valence-corrected chi connectivity index (χ2v) is 6.15. The molecule has 0 amide bonds. The van der Waals surface area contributed by atoms with Gasteiger partial charge in [0.1, 0.15) is 17.3 Å². The number of furan rings is 1. The molecular weight excluding hydrogens is 326 g/mol. The van der Waals surface area contributed by atoms with Gasteiger partial charge >= 0.3 is 0 Å². The Labute approximate surface area is 152 Å². The summed E-state index contributed by atoms with van der Waals surface area (Å²) in [5.74, 6) is 0.969. The normalized spacial score (nSPS) is 11.8. The predicted molar refractivity (Wildman–Crippen MR) is 102 cm³/mol. The zero-order chi connectivity index (χ0) is 18.5. The molecular formula is C22H21NO3. The monoisotopic (exact) mass is 347 g/mol. The van der Waals surface area contributed by atoms with Gasteiger partial charge in [-0.2, -0.15) is 0 Å². The molecule has 1 unspecified atom stereocenters. The van der Waals surface area contributed by atoms with Gasteiger partial charge < -0.3 is 14.6 Å². The zero-order valence-corrected chi connectivity index (χ0v) is 14.9. The van der Waals surface area contributed by atoms with E-state index in [-0.39, 0.29) is 5.78 Å². The molecule has 0 bridgehead atoms. The molecule has 0 aliphatic heterocycles. The molecule has 1 heterocycles. The van der Waals surface area contributed by atoms with E-state index in [1.807, 2.05) is 60.7 Å². The van der Waals surface area contributed by atoms with Crippen LogP contribution < -0.4 is 4.74 Å². The third-order valence-corrected chi connectivity index (χ3v) is 4.46. The molecule has 4 heteroatoms. The van der Waals surface area contributed by atoms with Gasteiger partial charge in [-0.25, -0.2) is 0 Å². The fourth-order valence-corrected chi connectivity index (χ4v) is 3.00. The smallest absolute Gasteiger partial charge is 0.139 e.